The van der Waals surface area contributed by atoms with Crippen molar-refractivity contribution in [3.05, 3.63) is 0 Å². The number of rotatable bonds is 2. The van der Waals surface area contributed by atoms with Gasteiger partial charge in [0.15, 0.2) is 5.78 Å². The van der Waals surface area contributed by atoms with E-state index in [9.17, 15) is 4.79 Å². The SMILES string of the molecule is CC(=O)[C@H]1O[C@@H]1C1CCCCC1. The summed E-state index contributed by atoms with van der Waals surface area (Å²) in [4.78, 5) is 10.9. The van der Waals surface area contributed by atoms with Gasteiger partial charge in [-0.25, -0.2) is 0 Å². The summed E-state index contributed by atoms with van der Waals surface area (Å²) in [5.74, 6) is 0.901. The Bertz CT molecular complexity index is 182. The van der Waals surface area contributed by atoms with Gasteiger partial charge in [-0.1, -0.05) is 19.3 Å². The van der Waals surface area contributed by atoms with Gasteiger partial charge in [0.05, 0.1) is 6.10 Å². The van der Waals surface area contributed by atoms with Crippen molar-refractivity contribution in [2.75, 3.05) is 0 Å². The smallest absolute Gasteiger partial charge is 0.161 e. The van der Waals surface area contributed by atoms with Crippen LogP contribution in [0.25, 0.3) is 0 Å². The standard InChI is InChI=1S/C10H16O2/c1-7(11)9-10(12-9)8-5-3-2-4-6-8/h8-10H,2-6H2,1H3/t9-,10-/m1/s1. The third-order valence-electron chi connectivity index (χ3n) is 3.04. The van der Waals surface area contributed by atoms with Crippen molar-refractivity contribution in [2.45, 2.75) is 51.2 Å². The van der Waals surface area contributed by atoms with Crippen LogP contribution in [0.4, 0.5) is 0 Å². The lowest BCUT2D eigenvalue weighted by Crippen LogP contribution is -2.17. The van der Waals surface area contributed by atoms with Crippen LogP contribution in [-0.4, -0.2) is 18.0 Å². The predicted molar refractivity (Wildman–Crippen MR) is 45.9 cm³/mol. The second-order valence-electron chi connectivity index (χ2n) is 4.03. The summed E-state index contributed by atoms with van der Waals surface area (Å²) in [5.41, 5.74) is 0. The maximum Gasteiger partial charge on any atom is 0.161 e. The third-order valence-corrected chi connectivity index (χ3v) is 3.04. The van der Waals surface area contributed by atoms with Gasteiger partial charge in [-0.15, -0.1) is 0 Å². The highest BCUT2D eigenvalue weighted by atomic mass is 16.6. The number of carbonyl (C=O) groups excluding carboxylic acids is 1. The molecule has 1 saturated carbocycles. The summed E-state index contributed by atoms with van der Waals surface area (Å²) < 4.78 is 5.37. The molecule has 1 aliphatic heterocycles. The molecule has 0 aromatic rings. The van der Waals surface area contributed by atoms with E-state index in [1.54, 1.807) is 6.92 Å². The van der Waals surface area contributed by atoms with Gasteiger partial charge in [0.25, 0.3) is 0 Å². The molecule has 12 heavy (non-hydrogen) atoms. The van der Waals surface area contributed by atoms with Gasteiger partial charge in [-0.2, -0.15) is 0 Å². The van der Waals surface area contributed by atoms with Crippen LogP contribution in [0, 0.1) is 5.92 Å². The number of hydrogen-bond acceptors (Lipinski definition) is 2. The molecule has 0 N–H and O–H groups in total. The zero-order valence-corrected chi connectivity index (χ0v) is 7.58. The molecule has 0 aromatic carbocycles. The number of ether oxygens (including phenoxy) is 1. The molecule has 1 saturated heterocycles. The van der Waals surface area contributed by atoms with E-state index in [1.807, 2.05) is 0 Å². The average molecular weight is 168 g/mol. The monoisotopic (exact) mass is 168 g/mol. The Hall–Kier alpha value is -0.370. The number of ketones is 1. The van der Waals surface area contributed by atoms with Gasteiger partial charge in [0, 0.05) is 0 Å². The predicted octanol–water partition coefficient (Wildman–Crippen LogP) is 1.92. The van der Waals surface area contributed by atoms with Crippen molar-refractivity contribution < 1.29 is 9.53 Å². The normalized spacial score (nSPS) is 36.4. The number of hydrogen-bond donors (Lipinski definition) is 0. The largest absolute Gasteiger partial charge is 0.361 e. The molecule has 2 aliphatic rings. The highest BCUT2D eigenvalue weighted by molar-refractivity contribution is 5.83. The summed E-state index contributed by atoms with van der Waals surface area (Å²) in [6.45, 7) is 1.63. The van der Waals surface area contributed by atoms with E-state index in [1.165, 1.54) is 32.1 Å². The molecule has 2 heteroatoms. The Kier molecular flexibility index (Phi) is 2.18. The minimum absolute atomic E-state index is 0.0342. The van der Waals surface area contributed by atoms with Crippen LogP contribution < -0.4 is 0 Å². The van der Waals surface area contributed by atoms with E-state index in [2.05, 4.69) is 0 Å². The minimum atomic E-state index is -0.0342. The van der Waals surface area contributed by atoms with Crippen molar-refractivity contribution >= 4 is 5.78 Å². The van der Waals surface area contributed by atoms with Gasteiger partial charge >= 0.3 is 0 Å². The molecule has 2 nitrogen and oxygen atoms in total. The molecule has 0 radical (unpaired) electrons. The van der Waals surface area contributed by atoms with E-state index in [-0.39, 0.29) is 11.9 Å². The van der Waals surface area contributed by atoms with Crippen molar-refractivity contribution in [3.63, 3.8) is 0 Å². The Morgan fingerprint density at radius 3 is 2.42 bits per heavy atom. The summed E-state index contributed by atoms with van der Waals surface area (Å²) in [6.07, 6.45) is 6.83. The highest BCUT2D eigenvalue weighted by Crippen LogP contribution is 2.38. The minimum Gasteiger partial charge on any atom is -0.361 e. The van der Waals surface area contributed by atoms with Crippen LogP contribution in [0.1, 0.15) is 39.0 Å². The molecule has 0 unspecified atom stereocenters. The summed E-state index contributed by atoms with van der Waals surface area (Å²) in [6, 6.07) is 0. The van der Waals surface area contributed by atoms with Crippen molar-refractivity contribution in [1.82, 2.24) is 0 Å². The van der Waals surface area contributed by atoms with Crippen LogP contribution in [0.3, 0.4) is 0 Å². The Morgan fingerprint density at radius 2 is 1.92 bits per heavy atom. The molecule has 1 heterocycles. The van der Waals surface area contributed by atoms with Crippen LogP contribution in [0.5, 0.6) is 0 Å². The molecule has 0 spiro atoms. The first-order valence-corrected chi connectivity index (χ1v) is 4.95. The maximum atomic E-state index is 10.9. The van der Waals surface area contributed by atoms with E-state index in [0.29, 0.717) is 12.0 Å². The fourth-order valence-electron chi connectivity index (χ4n) is 2.27. The fourth-order valence-corrected chi connectivity index (χ4v) is 2.27. The lowest BCUT2D eigenvalue weighted by molar-refractivity contribution is -0.118. The molecule has 1 aliphatic carbocycles. The highest BCUT2D eigenvalue weighted by Gasteiger charge is 2.47. The van der Waals surface area contributed by atoms with E-state index in [0.717, 1.165) is 0 Å². The Labute approximate surface area is 73.3 Å². The summed E-state index contributed by atoms with van der Waals surface area (Å²) >= 11 is 0. The summed E-state index contributed by atoms with van der Waals surface area (Å²) in [5, 5.41) is 0. The van der Waals surface area contributed by atoms with Crippen LogP contribution in [0.2, 0.25) is 0 Å². The molecule has 2 rings (SSSR count). The number of carbonyl (C=O) groups is 1. The van der Waals surface area contributed by atoms with Gasteiger partial charge in [0.1, 0.15) is 6.10 Å². The number of Topliss-reactive ketones (excluding diaryl/α,β-unsaturated/α-hetero) is 1. The van der Waals surface area contributed by atoms with Gasteiger partial charge < -0.3 is 4.74 Å². The van der Waals surface area contributed by atoms with Gasteiger partial charge in [0.2, 0.25) is 0 Å². The van der Waals surface area contributed by atoms with E-state index >= 15 is 0 Å². The first-order valence-electron chi connectivity index (χ1n) is 4.95. The van der Waals surface area contributed by atoms with Crippen molar-refractivity contribution in [2.24, 2.45) is 5.92 Å². The maximum absolute atomic E-state index is 10.9. The fraction of sp³-hybridized carbons (Fsp3) is 0.900. The van der Waals surface area contributed by atoms with Crippen LogP contribution >= 0.6 is 0 Å². The average Bonchev–Trinajstić information content (AvgIpc) is 2.84. The second-order valence-corrected chi connectivity index (χ2v) is 4.03. The molecular formula is C10H16O2. The Morgan fingerprint density at radius 1 is 1.25 bits per heavy atom. The third kappa shape index (κ3) is 1.53. The van der Waals surface area contributed by atoms with E-state index in [4.69, 9.17) is 4.74 Å². The lowest BCUT2D eigenvalue weighted by Gasteiger charge is -2.19. The van der Waals surface area contributed by atoms with Crippen molar-refractivity contribution in [1.29, 1.82) is 0 Å². The molecular weight excluding hydrogens is 152 g/mol. The molecule has 68 valence electrons. The Balaban J connectivity index is 1.83. The molecule has 2 atom stereocenters. The van der Waals surface area contributed by atoms with Gasteiger partial charge in [-0.3, -0.25) is 4.79 Å². The van der Waals surface area contributed by atoms with Crippen LogP contribution in [-0.2, 0) is 9.53 Å². The topological polar surface area (TPSA) is 29.6 Å². The lowest BCUT2D eigenvalue weighted by atomic mass is 9.85. The zero-order valence-electron chi connectivity index (χ0n) is 7.58. The number of epoxide rings is 1. The van der Waals surface area contributed by atoms with Crippen molar-refractivity contribution in [3.8, 4) is 0 Å². The quantitative estimate of drug-likeness (QED) is 0.589. The second kappa shape index (κ2) is 3.17. The first kappa shape index (κ1) is 8.24. The summed E-state index contributed by atoms with van der Waals surface area (Å²) in [7, 11) is 0. The van der Waals surface area contributed by atoms with Gasteiger partial charge in [-0.05, 0) is 25.7 Å². The van der Waals surface area contributed by atoms with Crippen LogP contribution in [0.15, 0.2) is 0 Å². The zero-order chi connectivity index (χ0) is 8.55. The molecule has 0 amide bonds. The molecule has 0 bridgehead atoms. The van der Waals surface area contributed by atoms with E-state index < -0.39 is 0 Å². The molecule has 2 fully saturated rings. The first-order chi connectivity index (χ1) is 5.79. The molecule has 0 aromatic heterocycles.